The van der Waals surface area contributed by atoms with E-state index in [-0.39, 0.29) is 6.29 Å². The molecule has 0 spiro atoms. The summed E-state index contributed by atoms with van der Waals surface area (Å²) in [6, 6.07) is 0. The number of Topliss-reactive ketones (excluding diaryl/α,β-unsaturated/α-hetero) is 1. The summed E-state index contributed by atoms with van der Waals surface area (Å²) in [5, 5.41) is 21.8. The predicted octanol–water partition coefficient (Wildman–Crippen LogP) is 2.07. The summed E-state index contributed by atoms with van der Waals surface area (Å²) in [6.45, 7) is 6.58. The van der Waals surface area contributed by atoms with Crippen LogP contribution in [-0.4, -0.2) is 21.9 Å². The molecule has 1 unspecified atom stereocenters. The lowest BCUT2D eigenvalue weighted by Crippen LogP contribution is -2.21. The molecule has 0 saturated heterocycles. The molecule has 0 radical (unpaired) electrons. The van der Waals surface area contributed by atoms with Gasteiger partial charge in [-0.3, -0.25) is 29.8 Å². The molecule has 0 aliphatic heterocycles. The van der Waals surface area contributed by atoms with Crippen LogP contribution in [0.1, 0.15) is 27.7 Å². The number of ketones is 1. The van der Waals surface area contributed by atoms with E-state index in [1.165, 1.54) is 19.9 Å². The van der Waals surface area contributed by atoms with Gasteiger partial charge in [-0.2, -0.15) is 0 Å². The summed E-state index contributed by atoms with van der Waals surface area (Å²) in [4.78, 5) is 42.4. The van der Waals surface area contributed by atoms with E-state index in [0.29, 0.717) is 0 Å². The van der Waals surface area contributed by atoms with Crippen LogP contribution < -0.4 is 0 Å². The van der Waals surface area contributed by atoms with Gasteiger partial charge < -0.3 is 0 Å². The highest BCUT2D eigenvalue weighted by molar-refractivity contribution is 5.88. The van der Waals surface area contributed by atoms with Crippen LogP contribution in [0.5, 0.6) is 0 Å². The van der Waals surface area contributed by atoms with Gasteiger partial charge >= 0.3 is 0 Å². The first-order valence-electron chi connectivity index (χ1n) is 6.14. The van der Waals surface area contributed by atoms with Gasteiger partial charge in [-0.05, 0) is 13.8 Å². The minimum Gasteiger partial charge on any atom is -0.299 e. The lowest BCUT2D eigenvalue weighted by Gasteiger charge is -2.15. The maximum Gasteiger partial charge on any atom is 0.286 e. The summed E-state index contributed by atoms with van der Waals surface area (Å²) < 4.78 is 0. The lowest BCUT2D eigenvalue weighted by molar-refractivity contribution is -0.432. The second-order valence-electron chi connectivity index (χ2n) is 4.13. The van der Waals surface area contributed by atoms with Gasteiger partial charge in [-0.25, -0.2) is 0 Å². The van der Waals surface area contributed by atoms with Gasteiger partial charge in [0.05, 0.1) is 15.3 Å². The van der Waals surface area contributed by atoms with Crippen molar-refractivity contribution in [2.24, 2.45) is 5.41 Å². The van der Waals surface area contributed by atoms with Crippen LogP contribution in [0.4, 0.5) is 0 Å². The van der Waals surface area contributed by atoms with Gasteiger partial charge in [0.15, 0.2) is 11.9 Å². The molecule has 1 aliphatic carbocycles. The Hall–Kier alpha value is -2.64. The summed E-state index contributed by atoms with van der Waals surface area (Å²) in [5.74, 6) is -0.432. The zero-order valence-corrected chi connectivity index (χ0v) is 12.2. The highest BCUT2D eigenvalue weighted by Gasteiger charge is 2.36. The van der Waals surface area contributed by atoms with E-state index in [9.17, 15) is 29.8 Å². The Morgan fingerprint density at radius 2 is 1.76 bits per heavy atom. The van der Waals surface area contributed by atoms with Gasteiger partial charge in [0.2, 0.25) is 0 Å². The third-order valence-electron chi connectivity index (χ3n) is 2.85. The highest BCUT2D eigenvalue weighted by Crippen LogP contribution is 2.31. The van der Waals surface area contributed by atoms with Gasteiger partial charge in [-0.15, -0.1) is 0 Å². The van der Waals surface area contributed by atoms with Crippen LogP contribution >= 0.6 is 0 Å². The molecular formula is C13H16N2O6. The first-order valence-corrected chi connectivity index (χ1v) is 6.14. The third kappa shape index (κ3) is 3.91. The van der Waals surface area contributed by atoms with Gasteiger partial charge in [0.25, 0.3) is 11.4 Å². The zero-order chi connectivity index (χ0) is 16.8. The number of nitro groups is 2. The van der Waals surface area contributed by atoms with E-state index in [1.54, 1.807) is 0 Å². The third-order valence-corrected chi connectivity index (χ3v) is 2.85. The second-order valence-corrected chi connectivity index (χ2v) is 4.13. The fourth-order valence-corrected chi connectivity index (χ4v) is 1.53. The minimum absolute atomic E-state index is 0.0446. The van der Waals surface area contributed by atoms with Crippen LogP contribution in [0.25, 0.3) is 0 Å². The van der Waals surface area contributed by atoms with Gasteiger partial charge in [-0.1, -0.05) is 19.9 Å². The van der Waals surface area contributed by atoms with Crippen molar-refractivity contribution < 1.29 is 19.4 Å². The standard InChI is InChI=1S/C11H10N2O6.C2H6/c1-7(15)11(2)4-3-9(12(16)17)8(6-14)10(5-11)13(18)19;1-2/h3-6H,1-2H3;1-2H3. The Bertz CT molecular complexity index is 573. The Morgan fingerprint density at radius 3 is 2.10 bits per heavy atom. The smallest absolute Gasteiger partial charge is 0.286 e. The number of hydrogen-bond donors (Lipinski definition) is 0. The molecule has 0 heterocycles. The summed E-state index contributed by atoms with van der Waals surface area (Å²) in [5.41, 5.74) is -3.47. The molecule has 0 saturated carbocycles. The SMILES string of the molecule is CC.CC(=O)C1(C)C=CC([N+](=O)[O-])=C(C=O)C([N+](=O)[O-])=C1. The van der Waals surface area contributed by atoms with Crippen molar-refractivity contribution in [1.29, 1.82) is 0 Å². The van der Waals surface area contributed by atoms with Crippen molar-refractivity contribution in [2.45, 2.75) is 27.7 Å². The van der Waals surface area contributed by atoms with E-state index >= 15 is 0 Å². The Kier molecular flexibility index (Phi) is 6.32. The molecule has 114 valence electrons. The van der Waals surface area contributed by atoms with E-state index in [1.807, 2.05) is 13.8 Å². The normalized spacial score (nSPS) is 20.7. The van der Waals surface area contributed by atoms with Crippen LogP contribution in [0.2, 0.25) is 0 Å². The molecule has 8 heteroatoms. The molecule has 0 aromatic carbocycles. The monoisotopic (exact) mass is 296 g/mol. The Labute approximate surface area is 121 Å². The quantitative estimate of drug-likeness (QED) is 0.444. The van der Waals surface area contributed by atoms with Gasteiger partial charge in [0.1, 0.15) is 5.78 Å². The summed E-state index contributed by atoms with van der Waals surface area (Å²) in [7, 11) is 0. The minimum atomic E-state index is -1.37. The van der Waals surface area contributed by atoms with Crippen molar-refractivity contribution in [3.8, 4) is 0 Å². The topological polar surface area (TPSA) is 120 Å². The van der Waals surface area contributed by atoms with E-state index in [4.69, 9.17) is 0 Å². The molecule has 21 heavy (non-hydrogen) atoms. The number of allylic oxidation sites excluding steroid dienone is 4. The highest BCUT2D eigenvalue weighted by atomic mass is 16.6. The van der Waals surface area contributed by atoms with Crippen LogP contribution in [0.3, 0.4) is 0 Å². The van der Waals surface area contributed by atoms with Crippen molar-refractivity contribution in [1.82, 2.24) is 0 Å². The Balaban J connectivity index is 0.00000191. The number of carbonyl (C=O) groups is 2. The van der Waals surface area contributed by atoms with E-state index in [0.717, 1.165) is 12.2 Å². The maximum atomic E-state index is 11.5. The number of nitrogens with zero attached hydrogens (tertiary/aromatic N) is 2. The molecular weight excluding hydrogens is 280 g/mol. The Morgan fingerprint density at radius 1 is 1.24 bits per heavy atom. The van der Waals surface area contributed by atoms with Crippen molar-refractivity contribution in [3.63, 3.8) is 0 Å². The molecule has 0 amide bonds. The average molecular weight is 296 g/mol. The van der Waals surface area contributed by atoms with Gasteiger partial charge in [0, 0.05) is 12.2 Å². The molecule has 0 aromatic heterocycles. The summed E-state index contributed by atoms with van der Waals surface area (Å²) >= 11 is 0. The van der Waals surface area contributed by atoms with Crippen molar-refractivity contribution in [2.75, 3.05) is 0 Å². The first-order chi connectivity index (χ1) is 9.73. The van der Waals surface area contributed by atoms with Crippen molar-refractivity contribution in [3.05, 3.63) is 55.4 Å². The first kappa shape index (κ1) is 18.4. The number of rotatable bonds is 4. The van der Waals surface area contributed by atoms with Crippen LogP contribution in [0.15, 0.2) is 35.2 Å². The molecule has 0 N–H and O–H groups in total. The van der Waals surface area contributed by atoms with Crippen LogP contribution in [0, 0.1) is 25.6 Å². The number of carbonyl (C=O) groups excluding carboxylic acids is 2. The van der Waals surface area contributed by atoms with E-state index in [2.05, 4.69) is 0 Å². The lowest BCUT2D eigenvalue weighted by atomic mass is 9.85. The van der Waals surface area contributed by atoms with Crippen molar-refractivity contribution >= 4 is 12.1 Å². The average Bonchev–Trinajstić information content (AvgIpc) is 2.58. The molecule has 8 nitrogen and oxygen atoms in total. The molecule has 0 aromatic rings. The maximum absolute atomic E-state index is 11.5. The number of hydrogen-bond acceptors (Lipinski definition) is 6. The van der Waals surface area contributed by atoms with Crippen LogP contribution in [-0.2, 0) is 9.59 Å². The zero-order valence-electron chi connectivity index (χ0n) is 12.2. The molecule has 1 aliphatic rings. The fraction of sp³-hybridized carbons (Fsp3) is 0.385. The molecule has 0 bridgehead atoms. The predicted molar refractivity (Wildman–Crippen MR) is 74.4 cm³/mol. The van der Waals surface area contributed by atoms with E-state index < -0.39 is 38.0 Å². The summed E-state index contributed by atoms with van der Waals surface area (Å²) in [6.07, 6.45) is 3.11. The molecule has 1 rings (SSSR count). The fourth-order valence-electron chi connectivity index (χ4n) is 1.53. The molecule has 1 atom stereocenters. The number of aldehydes is 1. The molecule has 0 fully saturated rings. The largest absolute Gasteiger partial charge is 0.299 e. The second kappa shape index (κ2) is 7.22.